The minimum Gasteiger partial charge on any atom is -0.330 e. The minimum atomic E-state index is 0.0696. The molecule has 0 saturated carbocycles. The molecule has 4 N–H and O–H groups in total. The molecule has 0 rings (SSSR count). The van der Waals surface area contributed by atoms with Crippen molar-refractivity contribution in [3.05, 3.63) is 0 Å². The van der Waals surface area contributed by atoms with Gasteiger partial charge in [-0.2, -0.15) is 25.3 Å². The monoisotopic (exact) mass is 166 g/mol. The first-order valence-electron chi connectivity index (χ1n) is 2.97. The Balaban J connectivity index is 3.32. The van der Waals surface area contributed by atoms with Crippen LogP contribution in [0.1, 0.15) is 6.42 Å². The summed E-state index contributed by atoms with van der Waals surface area (Å²) in [6, 6.07) is 0.0696. The highest BCUT2D eigenvalue weighted by Gasteiger charge is 2.09. The molecule has 0 radical (unpaired) electrons. The molecule has 2 atom stereocenters. The van der Waals surface area contributed by atoms with E-state index in [1.807, 2.05) is 0 Å². The second-order valence-electron chi connectivity index (χ2n) is 1.99. The quantitative estimate of drug-likeness (QED) is 0.441. The van der Waals surface area contributed by atoms with Crippen molar-refractivity contribution in [1.82, 2.24) is 0 Å². The third-order valence-electron chi connectivity index (χ3n) is 1.17. The number of hydrogen-bond acceptors (Lipinski definition) is 4. The maximum Gasteiger partial charge on any atom is 0.0246 e. The highest BCUT2D eigenvalue weighted by atomic mass is 32.1. The molecular formula is C5H14N2S2. The average molecular weight is 166 g/mol. The van der Waals surface area contributed by atoms with E-state index < -0.39 is 0 Å². The van der Waals surface area contributed by atoms with E-state index in [4.69, 9.17) is 11.5 Å². The number of rotatable bonds is 4. The average Bonchev–Trinajstić information content (AvgIpc) is 1.87. The van der Waals surface area contributed by atoms with Gasteiger partial charge in [0.15, 0.2) is 0 Å². The fraction of sp³-hybridized carbons (Fsp3) is 1.00. The van der Waals surface area contributed by atoms with E-state index >= 15 is 0 Å². The zero-order valence-electron chi connectivity index (χ0n) is 5.33. The highest BCUT2D eigenvalue weighted by molar-refractivity contribution is 7.81. The number of thiol groups is 2. The summed E-state index contributed by atoms with van der Waals surface area (Å²) in [7, 11) is 0. The zero-order chi connectivity index (χ0) is 7.28. The predicted molar refractivity (Wildman–Crippen MR) is 48.3 cm³/mol. The van der Waals surface area contributed by atoms with Crippen molar-refractivity contribution >= 4 is 25.3 Å². The number of nitrogens with two attached hydrogens (primary N) is 2. The molecule has 0 aromatic heterocycles. The standard InChI is InChI=1S/C5H14N2S2/c6-2-1-5(9)4(7)3-8/h4-5,8-9H,1-3,6-7H2. The van der Waals surface area contributed by atoms with E-state index in [9.17, 15) is 0 Å². The van der Waals surface area contributed by atoms with E-state index in [0.717, 1.165) is 6.42 Å². The summed E-state index contributed by atoms with van der Waals surface area (Å²) < 4.78 is 0. The molecule has 0 aliphatic carbocycles. The predicted octanol–water partition coefficient (Wildman–Crippen LogP) is -0.109. The second kappa shape index (κ2) is 5.41. The van der Waals surface area contributed by atoms with Gasteiger partial charge in [-0.15, -0.1) is 0 Å². The molecule has 0 heterocycles. The molecular weight excluding hydrogens is 152 g/mol. The van der Waals surface area contributed by atoms with Gasteiger partial charge in [0.25, 0.3) is 0 Å². The van der Waals surface area contributed by atoms with Gasteiger partial charge in [0.05, 0.1) is 0 Å². The van der Waals surface area contributed by atoms with Crippen molar-refractivity contribution < 1.29 is 0 Å². The molecule has 2 unspecified atom stereocenters. The van der Waals surface area contributed by atoms with Crippen molar-refractivity contribution in [3.63, 3.8) is 0 Å². The Kier molecular flexibility index (Phi) is 5.78. The topological polar surface area (TPSA) is 52.0 Å². The first kappa shape index (κ1) is 9.62. The van der Waals surface area contributed by atoms with Crippen LogP contribution in [-0.2, 0) is 0 Å². The molecule has 56 valence electrons. The molecule has 0 aromatic carbocycles. The van der Waals surface area contributed by atoms with Crippen LogP contribution in [0.25, 0.3) is 0 Å². The summed E-state index contributed by atoms with van der Waals surface area (Å²) in [4.78, 5) is 0. The Morgan fingerprint density at radius 1 is 1.44 bits per heavy atom. The van der Waals surface area contributed by atoms with E-state index in [1.54, 1.807) is 0 Å². The van der Waals surface area contributed by atoms with Crippen LogP contribution in [0.3, 0.4) is 0 Å². The Hall–Kier alpha value is 0.620. The van der Waals surface area contributed by atoms with Crippen LogP contribution < -0.4 is 11.5 Å². The summed E-state index contributed by atoms with van der Waals surface area (Å²) in [5, 5.41) is 0.201. The first-order valence-corrected chi connectivity index (χ1v) is 4.11. The first-order chi connectivity index (χ1) is 4.22. The highest BCUT2D eigenvalue weighted by Crippen LogP contribution is 2.04. The molecule has 0 fully saturated rings. The summed E-state index contributed by atoms with van der Waals surface area (Å²) in [6.07, 6.45) is 0.866. The summed E-state index contributed by atoms with van der Waals surface area (Å²) in [5.74, 6) is 0.675. The van der Waals surface area contributed by atoms with Crippen LogP contribution in [0, 0.1) is 0 Å². The van der Waals surface area contributed by atoms with Crippen LogP contribution in [0.4, 0.5) is 0 Å². The lowest BCUT2D eigenvalue weighted by atomic mass is 10.2. The van der Waals surface area contributed by atoms with Gasteiger partial charge in [0, 0.05) is 17.0 Å². The summed E-state index contributed by atoms with van der Waals surface area (Å²) >= 11 is 8.26. The second-order valence-corrected chi connectivity index (χ2v) is 3.02. The third-order valence-corrected chi connectivity index (χ3v) is 2.23. The van der Waals surface area contributed by atoms with Crippen molar-refractivity contribution in [2.45, 2.75) is 17.7 Å². The van der Waals surface area contributed by atoms with Crippen LogP contribution >= 0.6 is 25.3 Å². The Morgan fingerprint density at radius 2 is 2.00 bits per heavy atom. The summed E-state index contributed by atoms with van der Waals surface area (Å²) in [6.45, 7) is 0.648. The van der Waals surface area contributed by atoms with Crippen molar-refractivity contribution in [2.24, 2.45) is 11.5 Å². The molecule has 0 aliphatic rings. The fourth-order valence-corrected chi connectivity index (χ4v) is 1.18. The molecule has 0 spiro atoms. The van der Waals surface area contributed by atoms with Crippen molar-refractivity contribution in [2.75, 3.05) is 12.3 Å². The van der Waals surface area contributed by atoms with Crippen LogP contribution in [-0.4, -0.2) is 23.6 Å². The van der Waals surface area contributed by atoms with Gasteiger partial charge in [-0.1, -0.05) is 0 Å². The van der Waals surface area contributed by atoms with Crippen LogP contribution in [0.2, 0.25) is 0 Å². The maximum absolute atomic E-state index is 5.59. The van der Waals surface area contributed by atoms with Gasteiger partial charge in [-0.05, 0) is 13.0 Å². The zero-order valence-corrected chi connectivity index (χ0v) is 7.11. The van der Waals surface area contributed by atoms with Gasteiger partial charge < -0.3 is 11.5 Å². The normalized spacial score (nSPS) is 17.3. The summed E-state index contributed by atoms with van der Waals surface area (Å²) in [5.41, 5.74) is 10.9. The maximum atomic E-state index is 5.59. The van der Waals surface area contributed by atoms with Crippen LogP contribution in [0.15, 0.2) is 0 Å². The van der Waals surface area contributed by atoms with Crippen molar-refractivity contribution in [1.29, 1.82) is 0 Å². The van der Waals surface area contributed by atoms with E-state index in [2.05, 4.69) is 25.3 Å². The number of hydrogen-bond donors (Lipinski definition) is 4. The molecule has 2 nitrogen and oxygen atoms in total. The fourth-order valence-electron chi connectivity index (χ4n) is 0.507. The van der Waals surface area contributed by atoms with Gasteiger partial charge in [0.2, 0.25) is 0 Å². The van der Waals surface area contributed by atoms with Crippen molar-refractivity contribution in [3.8, 4) is 0 Å². The van der Waals surface area contributed by atoms with Gasteiger partial charge >= 0.3 is 0 Å². The lowest BCUT2D eigenvalue weighted by Gasteiger charge is -2.15. The van der Waals surface area contributed by atoms with Gasteiger partial charge in [-0.3, -0.25) is 0 Å². The minimum absolute atomic E-state index is 0.0696. The third kappa shape index (κ3) is 4.08. The Morgan fingerprint density at radius 3 is 2.33 bits per heavy atom. The molecule has 0 saturated heterocycles. The molecule has 9 heavy (non-hydrogen) atoms. The lowest BCUT2D eigenvalue weighted by molar-refractivity contribution is 0.660. The van der Waals surface area contributed by atoms with E-state index in [-0.39, 0.29) is 11.3 Å². The van der Waals surface area contributed by atoms with Gasteiger partial charge in [0.1, 0.15) is 0 Å². The van der Waals surface area contributed by atoms with E-state index in [1.165, 1.54) is 0 Å². The Bertz CT molecular complexity index is 70.0. The molecule has 0 amide bonds. The largest absolute Gasteiger partial charge is 0.330 e. The smallest absolute Gasteiger partial charge is 0.0246 e. The molecule has 0 aromatic rings. The van der Waals surface area contributed by atoms with Gasteiger partial charge in [-0.25, -0.2) is 0 Å². The molecule has 0 aliphatic heterocycles. The Labute approximate surface area is 67.2 Å². The molecule has 0 bridgehead atoms. The lowest BCUT2D eigenvalue weighted by Crippen LogP contribution is -2.34. The van der Waals surface area contributed by atoms with Crippen LogP contribution in [0.5, 0.6) is 0 Å². The van der Waals surface area contributed by atoms with E-state index in [0.29, 0.717) is 12.3 Å². The molecule has 4 heteroatoms. The SMILES string of the molecule is NCCC(S)C(N)CS.